The van der Waals surface area contributed by atoms with Crippen LogP contribution in [0.4, 0.5) is 0 Å². The van der Waals surface area contributed by atoms with E-state index in [0.29, 0.717) is 11.6 Å². The first-order chi connectivity index (χ1) is 9.13. The van der Waals surface area contributed by atoms with E-state index in [-0.39, 0.29) is 11.7 Å². The summed E-state index contributed by atoms with van der Waals surface area (Å²) in [6.07, 6.45) is 5.60. The molecule has 0 bridgehead atoms. The van der Waals surface area contributed by atoms with Crippen molar-refractivity contribution in [3.8, 4) is 5.75 Å². The summed E-state index contributed by atoms with van der Waals surface area (Å²) in [4.78, 5) is 14.6. The van der Waals surface area contributed by atoms with E-state index in [2.05, 4.69) is 6.92 Å². The van der Waals surface area contributed by atoms with E-state index in [1.165, 1.54) is 12.8 Å². The Kier molecular flexibility index (Phi) is 4.46. The van der Waals surface area contributed by atoms with Crippen LogP contribution in [0.15, 0.2) is 18.2 Å². The summed E-state index contributed by atoms with van der Waals surface area (Å²) in [5.74, 6) is 0.262. The number of carbonyl (C=O) groups is 1. The number of aromatic hydroxyl groups is 1. The van der Waals surface area contributed by atoms with Crippen LogP contribution < -0.4 is 0 Å². The van der Waals surface area contributed by atoms with Crippen molar-refractivity contribution < 1.29 is 9.90 Å². The second kappa shape index (κ2) is 6.09. The van der Waals surface area contributed by atoms with Crippen LogP contribution in [0.1, 0.15) is 54.9 Å². The summed E-state index contributed by atoms with van der Waals surface area (Å²) in [7, 11) is 0. The molecule has 1 aromatic rings. The van der Waals surface area contributed by atoms with Crippen LogP contribution >= 0.6 is 0 Å². The van der Waals surface area contributed by atoms with Crippen LogP contribution in [0.25, 0.3) is 0 Å². The largest absolute Gasteiger partial charge is 0.508 e. The zero-order valence-electron chi connectivity index (χ0n) is 11.9. The molecule has 1 saturated heterocycles. The highest BCUT2D eigenvalue weighted by atomic mass is 16.3. The van der Waals surface area contributed by atoms with E-state index in [9.17, 15) is 9.90 Å². The van der Waals surface area contributed by atoms with E-state index >= 15 is 0 Å². The van der Waals surface area contributed by atoms with Crippen molar-refractivity contribution in [2.24, 2.45) is 0 Å². The van der Waals surface area contributed by atoms with Crippen molar-refractivity contribution in [3.05, 3.63) is 29.3 Å². The number of phenolic OH excluding ortho intramolecular Hbond substituents is 1. The third kappa shape index (κ3) is 3.09. The molecule has 1 unspecified atom stereocenters. The molecule has 2 rings (SSSR count). The van der Waals surface area contributed by atoms with Gasteiger partial charge in [-0.3, -0.25) is 4.79 Å². The maximum Gasteiger partial charge on any atom is 0.254 e. The van der Waals surface area contributed by atoms with Gasteiger partial charge in [0.25, 0.3) is 5.91 Å². The summed E-state index contributed by atoms with van der Waals surface area (Å²) in [6.45, 7) is 4.82. The van der Waals surface area contributed by atoms with E-state index in [1.54, 1.807) is 12.1 Å². The van der Waals surface area contributed by atoms with Gasteiger partial charge in [-0.05, 0) is 43.9 Å². The molecule has 3 nitrogen and oxygen atoms in total. The van der Waals surface area contributed by atoms with E-state index in [4.69, 9.17) is 0 Å². The summed E-state index contributed by atoms with van der Waals surface area (Å²) >= 11 is 0. The van der Waals surface area contributed by atoms with Gasteiger partial charge in [0.2, 0.25) is 0 Å². The molecule has 1 N–H and O–H groups in total. The van der Waals surface area contributed by atoms with Crippen molar-refractivity contribution in [2.75, 3.05) is 6.54 Å². The van der Waals surface area contributed by atoms with Gasteiger partial charge >= 0.3 is 0 Å². The zero-order chi connectivity index (χ0) is 13.8. The molecule has 1 aliphatic rings. The molecule has 3 heteroatoms. The average Bonchev–Trinajstić information content (AvgIpc) is 2.66. The second-order valence-electron chi connectivity index (χ2n) is 5.41. The number of nitrogens with zero attached hydrogens (tertiary/aromatic N) is 1. The minimum atomic E-state index is 0.0593. The van der Waals surface area contributed by atoms with Crippen LogP contribution in [0, 0.1) is 6.92 Å². The lowest BCUT2D eigenvalue weighted by Gasteiger charge is -2.29. The SMILES string of the molecule is CCC1CCCCCN1C(=O)c1ccc(C)c(O)c1. The minimum Gasteiger partial charge on any atom is -0.508 e. The van der Waals surface area contributed by atoms with Crippen LogP contribution in [0.3, 0.4) is 0 Å². The number of likely N-dealkylation sites (tertiary alicyclic amines) is 1. The van der Waals surface area contributed by atoms with Crippen molar-refractivity contribution in [3.63, 3.8) is 0 Å². The third-order valence-corrected chi connectivity index (χ3v) is 4.07. The first kappa shape index (κ1) is 13.9. The predicted octanol–water partition coefficient (Wildman–Crippen LogP) is 3.50. The van der Waals surface area contributed by atoms with Gasteiger partial charge in [-0.15, -0.1) is 0 Å². The lowest BCUT2D eigenvalue weighted by atomic mass is 10.1. The molecule has 1 fully saturated rings. The maximum absolute atomic E-state index is 12.6. The Bertz CT molecular complexity index is 456. The first-order valence-electron chi connectivity index (χ1n) is 7.24. The molecule has 0 spiro atoms. The Morgan fingerprint density at radius 1 is 1.37 bits per heavy atom. The Hall–Kier alpha value is -1.51. The monoisotopic (exact) mass is 261 g/mol. The molecule has 0 aromatic heterocycles. The van der Waals surface area contributed by atoms with Crippen LogP contribution in [-0.4, -0.2) is 28.5 Å². The van der Waals surface area contributed by atoms with Gasteiger partial charge in [-0.25, -0.2) is 0 Å². The molecule has 0 saturated carbocycles. The minimum absolute atomic E-state index is 0.0593. The molecule has 0 aliphatic carbocycles. The van der Waals surface area contributed by atoms with Gasteiger partial charge in [0, 0.05) is 18.2 Å². The van der Waals surface area contributed by atoms with Gasteiger partial charge in [0.15, 0.2) is 0 Å². The lowest BCUT2D eigenvalue weighted by Crippen LogP contribution is -2.39. The number of phenols is 1. The Labute approximate surface area is 115 Å². The van der Waals surface area contributed by atoms with E-state index in [0.717, 1.165) is 31.4 Å². The van der Waals surface area contributed by atoms with Gasteiger partial charge in [-0.1, -0.05) is 25.8 Å². The Balaban J connectivity index is 2.22. The van der Waals surface area contributed by atoms with Gasteiger partial charge in [-0.2, -0.15) is 0 Å². The molecule has 1 aliphatic heterocycles. The molecule has 1 atom stereocenters. The molecular formula is C16H23NO2. The fourth-order valence-corrected chi connectivity index (χ4v) is 2.78. The van der Waals surface area contributed by atoms with Crippen molar-refractivity contribution >= 4 is 5.91 Å². The summed E-state index contributed by atoms with van der Waals surface area (Å²) in [5.41, 5.74) is 1.41. The summed E-state index contributed by atoms with van der Waals surface area (Å²) in [6, 6.07) is 5.56. The molecule has 1 aromatic carbocycles. The smallest absolute Gasteiger partial charge is 0.254 e. The van der Waals surface area contributed by atoms with Crippen LogP contribution in [0.2, 0.25) is 0 Å². The molecule has 1 amide bonds. The first-order valence-corrected chi connectivity index (χ1v) is 7.24. The third-order valence-electron chi connectivity index (χ3n) is 4.07. The molecular weight excluding hydrogens is 238 g/mol. The molecule has 104 valence electrons. The highest BCUT2D eigenvalue weighted by Crippen LogP contribution is 2.24. The normalized spacial score (nSPS) is 20.1. The Morgan fingerprint density at radius 3 is 2.84 bits per heavy atom. The standard InChI is InChI=1S/C16H23NO2/c1-3-14-7-5-4-6-10-17(14)16(19)13-9-8-12(2)15(18)11-13/h8-9,11,14,18H,3-7,10H2,1-2H3. The number of hydrogen-bond donors (Lipinski definition) is 1. The quantitative estimate of drug-likeness (QED) is 0.885. The lowest BCUT2D eigenvalue weighted by molar-refractivity contribution is 0.0678. The topological polar surface area (TPSA) is 40.5 Å². The zero-order valence-corrected chi connectivity index (χ0v) is 11.9. The summed E-state index contributed by atoms with van der Waals surface area (Å²) in [5, 5.41) is 9.76. The van der Waals surface area contributed by atoms with Gasteiger partial charge in [0.1, 0.15) is 5.75 Å². The number of carbonyl (C=O) groups excluding carboxylic acids is 1. The van der Waals surface area contributed by atoms with Crippen molar-refractivity contribution in [1.82, 2.24) is 4.90 Å². The highest BCUT2D eigenvalue weighted by molar-refractivity contribution is 5.95. The van der Waals surface area contributed by atoms with E-state index < -0.39 is 0 Å². The molecule has 0 radical (unpaired) electrons. The van der Waals surface area contributed by atoms with E-state index in [1.807, 2.05) is 17.9 Å². The number of rotatable bonds is 2. The van der Waals surface area contributed by atoms with Crippen LogP contribution in [0.5, 0.6) is 5.75 Å². The number of hydrogen-bond acceptors (Lipinski definition) is 2. The Morgan fingerprint density at radius 2 is 2.16 bits per heavy atom. The second-order valence-corrected chi connectivity index (χ2v) is 5.41. The number of amides is 1. The molecule has 19 heavy (non-hydrogen) atoms. The maximum atomic E-state index is 12.6. The fraction of sp³-hybridized carbons (Fsp3) is 0.562. The van der Waals surface area contributed by atoms with Crippen molar-refractivity contribution in [2.45, 2.75) is 52.0 Å². The van der Waals surface area contributed by atoms with Crippen LogP contribution in [-0.2, 0) is 0 Å². The van der Waals surface area contributed by atoms with Gasteiger partial charge in [0.05, 0.1) is 0 Å². The van der Waals surface area contributed by atoms with Crippen molar-refractivity contribution in [1.29, 1.82) is 0 Å². The summed E-state index contributed by atoms with van der Waals surface area (Å²) < 4.78 is 0. The predicted molar refractivity (Wildman–Crippen MR) is 76.4 cm³/mol. The fourth-order valence-electron chi connectivity index (χ4n) is 2.78. The molecule has 1 heterocycles. The number of aryl methyl sites for hydroxylation is 1. The highest BCUT2D eigenvalue weighted by Gasteiger charge is 2.25. The van der Waals surface area contributed by atoms with Gasteiger partial charge < -0.3 is 10.0 Å². The number of benzene rings is 1. The average molecular weight is 261 g/mol.